The third-order valence-corrected chi connectivity index (χ3v) is 2.54. The first-order valence-electron chi connectivity index (χ1n) is 3.52. The molecule has 0 aromatic rings. The summed E-state index contributed by atoms with van der Waals surface area (Å²) in [6.45, 7) is 14.0. The lowest BCUT2D eigenvalue weighted by atomic mass is 9.80. The van der Waals surface area contributed by atoms with E-state index in [0.717, 1.165) is 11.5 Å². The summed E-state index contributed by atoms with van der Waals surface area (Å²) >= 11 is 0. The third kappa shape index (κ3) is 0.772. The van der Waals surface area contributed by atoms with Crippen molar-refractivity contribution in [2.45, 2.75) is 20.8 Å². The lowest BCUT2D eigenvalue weighted by Crippen LogP contribution is -2.16. The molecule has 1 fully saturated rings. The van der Waals surface area contributed by atoms with Gasteiger partial charge in [-0.3, -0.25) is 0 Å². The summed E-state index contributed by atoms with van der Waals surface area (Å²) in [5.74, 6) is 2.07. The molecule has 0 bridgehead atoms. The number of ether oxygens (including phenoxy) is 1. The summed E-state index contributed by atoms with van der Waals surface area (Å²) in [4.78, 5) is 0. The first-order chi connectivity index (χ1) is 4.46. The van der Waals surface area contributed by atoms with Gasteiger partial charge in [0, 0.05) is 11.3 Å². The predicted molar refractivity (Wildman–Crippen MR) is 42.3 cm³/mol. The van der Waals surface area contributed by atoms with Crippen LogP contribution in [0.25, 0.3) is 0 Å². The van der Waals surface area contributed by atoms with Crippen molar-refractivity contribution in [3.8, 4) is 0 Å². The van der Waals surface area contributed by atoms with E-state index in [9.17, 15) is 0 Å². The van der Waals surface area contributed by atoms with Gasteiger partial charge in [-0.1, -0.05) is 33.9 Å². The van der Waals surface area contributed by atoms with Crippen LogP contribution in [0.5, 0.6) is 0 Å². The molecule has 1 unspecified atom stereocenters. The largest absolute Gasteiger partial charge is 0.466 e. The normalized spacial score (nSPS) is 30.5. The van der Waals surface area contributed by atoms with Crippen molar-refractivity contribution >= 4 is 0 Å². The second kappa shape index (κ2) is 1.88. The summed E-state index contributed by atoms with van der Waals surface area (Å²) < 4.78 is 5.30. The van der Waals surface area contributed by atoms with Crippen molar-refractivity contribution < 1.29 is 4.74 Å². The van der Waals surface area contributed by atoms with Crippen LogP contribution in [-0.2, 0) is 4.74 Å². The number of hydrogen-bond acceptors (Lipinski definition) is 1. The molecule has 1 saturated heterocycles. The smallest absolute Gasteiger partial charge is 0.103 e. The topological polar surface area (TPSA) is 9.23 Å². The zero-order valence-corrected chi connectivity index (χ0v) is 6.90. The molecule has 0 spiro atoms. The lowest BCUT2D eigenvalue weighted by Gasteiger charge is -2.19. The molecule has 0 N–H and O–H groups in total. The van der Waals surface area contributed by atoms with Crippen molar-refractivity contribution in [3.63, 3.8) is 0 Å². The van der Waals surface area contributed by atoms with Gasteiger partial charge in [0.1, 0.15) is 11.5 Å². The van der Waals surface area contributed by atoms with Gasteiger partial charge in [-0.05, 0) is 0 Å². The van der Waals surface area contributed by atoms with Crippen molar-refractivity contribution in [3.05, 3.63) is 24.7 Å². The highest BCUT2D eigenvalue weighted by Gasteiger charge is 2.39. The number of allylic oxidation sites excluding steroid dienone is 2. The number of hydrogen-bond donors (Lipinski definition) is 0. The molecule has 56 valence electrons. The molecule has 0 saturated carbocycles. The maximum Gasteiger partial charge on any atom is 0.103 e. The van der Waals surface area contributed by atoms with Crippen LogP contribution >= 0.6 is 0 Å². The second-order valence-electron chi connectivity index (χ2n) is 3.43. The van der Waals surface area contributed by atoms with Gasteiger partial charge in [0.05, 0.1) is 0 Å². The van der Waals surface area contributed by atoms with E-state index in [0.29, 0.717) is 5.92 Å². The van der Waals surface area contributed by atoms with Crippen molar-refractivity contribution in [2.24, 2.45) is 11.3 Å². The van der Waals surface area contributed by atoms with E-state index in [1.54, 1.807) is 0 Å². The monoisotopic (exact) mass is 138 g/mol. The van der Waals surface area contributed by atoms with Crippen LogP contribution in [0.15, 0.2) is 24.7 Å². The van der Waals surface area contributed by atoms with Crippen LogP contribution in [0, 0.1) is 11.3 Å². The second-order valence-corrected chi connectivity index (χ2v) is 3.43. The van der Waals surface area contributed by atoms with E-state index in [-0.39, 0.29) is 5.41 Å². The van der Waals surface area contributed by atoms with Gasteiger partial charge < -0.3 is 4.74 Å². The van der Waals surface area contributed by atoms with Crippen molar-refractivity contribution in [1.29, 1.82) is 0 Å². The van der Waals surface area contributed by atoms with Crippen LogP contribution in [0.4, 0.5) is 0 Å². The van der Waals surface area contributed by atoms with Gasteiger partial charge in [0.15, 0.2) is 0 Å². The Labute approximate surface area is 62.4 Å². The Bertz CT molecular complexity index is 189. The fraction of sp³-hybridized carbons (Fsp3) is 0.556. The summed E-state index contributed by atoms with van der Waals surface area (Å²) in [5, 5.41) is 0. The van der Waals surface area contributed by atoms with Crippen LogP contribution in [0.3, 0.4) is 0 Å². The highest BCUT2D eigenvalue weighted by atomic mass is 16.5. The fourth-order valence-electron chi connectivity index (χ4n) is 1.02. The van der Waals surface area contributed by atoms with E-state index >= 15 is 0 Å². The van der Waals surface area contributed by atoms with E-state index in [2.05, 4.69) is 33.9 Å². The Balaban J connectivity index is 2.96. The molecule has 0 radical (unpaired) electrons. The standard InChI is InChI=1S/C9H14O/c1-6-7(2)10-8(3)9(6,4)5/h6H,2-3H2,1,4-5H3. The maximum atomic E-state index is 5.30. The molecule has 1 heterocycles. The minimum atomic E-state index is 0.0666. The van der Waals surface area contributed by atoms with Crippen LogP contribution < -0.4 is 0 Å². The first-order valence-corrected chi connectivity index (χ1v) is 3.52. The molecule has 1 rings (SSSR count). The summed E-state index contributed by atoms with van der Waals surface area (Å²) in [6, 6.07) is 0. The van der Waals surface area contributed by atoms with Gasteiger partial charge >= 0.3 is 0 Å². The molecule has 0 aliphatic carbocycles. The molecule has 0 aromatic carbocycles. The highest BCUT2D eigenvalue weighted by Crippen LogP contribution is 2.45. The minimum absolute atomic E-state index is 0.0666. The van der Waals surface area contributed by atoms with Crippen molar-refractivity contribution in [1.82, 2.24) is 0 Å². The Morgan fingerprint density at radius 3 is 2.00 bits per heavy atom. The molecule has 1 aliphatic rings. The zero-order chi connectivity index (χ0) is 7.94. The van der Waals surface area contributed by atoms with Crippen LogP contribution in [0.2, 0.25) is 0 Å². The third-order valence-electron chi connectivity index (χ3n) is 2.54. The van der Waals surface area contributed by atoms with Crippen LogP contribution in [-0.4, -0.2) is 0 Å². The predicted octanol–water partition coefficient (Wildman–Crippen LogP) is 2.71. The van der Waals surface area contributed by atoms with E-state index in [4.69, 9.17) is 4.74 Å². The van der Waals surface area contributed by atoms with Gasteiger partial charge in [0.2, 0.25) is 0 Å². The molecule has 1 heteroatoms. The number of rotatable bonds is 0. The summed E-state index contributed by atoms with van der Waals surface area (Å²) in [5.41, 5.74) is 0.0666. The lowest BCUT2D eigenvalue weighted by molar-refractivity contribution is 0.304. The summed E-state index contributed by atoms with van der Waals surface area (Å²) in [6.07, 6.45) is 0. The highest BCUT2D eigenvalue weighted by molar-refractivity contribution is 5.17. The molecule has 0 amide bonds. The average Bonchev–Trinajstić information content (AvgIpc) is 1.97. The average molecular weight is 138 g/mol. The Morgan fingerprint density at radius 1 is 1.40 bits per heavy atom. The first kappa shape index (κ1) is 7.39. The Kier molecular flexibility index (Phi) is 1.39. The van der Waals surface area contributed by atoms with E-state index in [1.807, 2.05) is 0 Å². The van der Waals surface area contributed by atoms with Gasteiger partial charge in [-0.15, -0.1) is 0 Å². The van der Waals surface area contributed by atoms with Gasteiger partial charge in [-0.2, -0.15) is 0 Å². The van der Waals surface area contributed by atoms with Gasteiger partial charge in [-0.25, -0.2) is 0 Å². The molecule has 0 aromatic heterocycles. The Hall–Kier alpha value is -0.720. The quantitative estimate of drug-likeness (QED) is 0.500. The summed E-state index contributed by atoms with van der Waals surface area (Å²) in [7, 11) is 0. The maximum absolute atomic E-state index is 5.30. The van der Waals surface area contributed by atoms with Crippen LogP contribution in [0.1, 0.15) is 20.8 Å². The molecule has 1 atom stereocenters. The van der Waals surface area contributed by atoms with Crippen molar-refractivity contribution in [2.75, 3.05) is 0 Å². The molecule has 10 heavy (non-hydrogen) atoms. The fourth-order valence-corrected chi connectivity index (χ4v) is 1.02. The zero-order valence-electron chi connectivity index (χ0n) is 6.90. The molecule has 1 aliphatic heterocycles. The van der Waals surface area contributed by atoms with E-state index in [1.165, 1.54) is 0 Å². The van der Waals surface area contributed by atoms with Gasteiger partial charge in [0.25, 0.3) is 0 Å². The minimum Gasteiger partial charge on any atom is -0.466 e. The van der Waals surface area contributed by atoms with E-state index < -0.39 is 0 Å². The SMILES string of the molecule is C=C1OC(=C)C(C)(C)C1C. The molecule has 1 nitrogen and oxygen atoms in total. The molecular formula is C9H14O. The molecular weight excluding hydrogens is 124 g/mol. The Morgan fingerprint density at radius 2 is 1.90 bits per heavy atom.